The lowest BCUT2D eigenvalue weighted by Gasteiger charge is -2.28. The molecule has 2 amide bonds. The molecule has 0 aliphatic carbocycles. The van der Waals surface area contributed by atoms with Gasteiger partial charge in [-0.2, -0.15) is 0 Å². The normalized spacial score (nSPS) is 13.8. The van der Waals surface area contributed by atoms with E-state index in [9.17, 15) is 9.59 Å². The van der Waals surface area contributed by atoms with Gasteiger partial charge >= 0.3 is 0 Å². The van der Waals surface area contributed by atoms with Gasteiger partial charge in [0, 0.05) is 29.8 Å². The Hall–Kier alpha value is -2.59. The third-order valence-corrected chi connectivity index (χ3v) is 4.49. The number of hydrogen-bond donors (Lipinski definition) is 1. The topological polar surface area (TPSA) is 63.4 Å². The van der Waals surface area contributed by atoms with Crippen molar-refractivity contribution in [2.75, 3.05) is 6.54 Å². The molecule has 0 spiro atoms. The number of nitrogens with two attached hydrogens (primary N) is 1. The Morgan fingerprint density at radius 3 is 2.58 bits per heavy atom. The summed E-state index contributed by atoms with van der Waals surface area (Å²) in [6.45, 7) is 1.22. The first-order valence-electron chi connectivity index (χ1n) is 7.68. The first-order valence-corrected chi connectivity index (χ1v) is 8.05. The van der Waals surface area contributed by atoms with Crippen LogP contribution in [0.4, 0.5) is 0 Å². The van der Waals surface area contributed by atoms with E-state index in [0.29, 0.717) is 18.7 Å². The Morgan fingerprint density at radius 1 is 1.12 bits per heavy atom. The molecule has 3 rings (SSSR count). The van der Waals surface area contributed by atoms with Crippen LogP contribution in [-0.2, 0) is 17.8 Å². The van der Waals surface area contributed by atoms with Crippen LogP contribution in [0.25, 0.3) is 6.08 Å². The molecule has 0 saturated heterocycles. The maximum atomic E-state index is 12.4. The molecular formula is C19H17ClN2O2. The molecule has 1 heterocycles. The number of primary amides is 1. The lowest BCUT2D eigenvalue weighted by molar-refractivity contribution is -0.126. The van der Waals surface area contributed by atoms with Gasteiger partial charge in [-0.15, -0.1) is 0 Å². The van der Waals surface area contributed by atoms with Crippen molar-refractivity contribution in [2.45, 2.75) is 13.0 Å². The van der Waals surface area contributed by atoms with E-state index >= 15 is 0 Å². The molecule has 0 fully saturated rings. The zero-order chi connectivity index (χ0) is 17.1. The highest BCUT2D eigenvalue weighted by Gasteiger charge is 2.20. The summed E-state index contributed by atoms with van der Waals surface area (Å²) in [5.41, 5.74) is 8.73. The van der Waals surface area contributed by atoms with E-state index in [1.54, 1.807) is 41.3 Å². The van der Waals surface area contributed by atoms with Crippen LogP contribution in [-0.4, -0.2) is 23.3 Å². The minimum Gasteiger partial charge on any atom is -0.366 e. The second kappa shape index (κ2) is 6.89. The number of hydrogen-bond acceptors (Lipinski definition) is 2. The van der Waals surface area contributed by atoms with Gasteiger partial charge in [-0.25, -0.2) is 0 Å². The van der Waals surface area contributed by atoms with Gasteiger partial charge < -0.3 is 10.6 Å². The van der Waals surface area contributed by atoms with E-state index in [-0.39, 0.29) is 5.91 Å². The van der Waals surface area contributed by atoms with E-state index in [2.05, 4.69) is 0 Å². The first kappa shape index (κ1) is 16.3. The smallest absolute Gasteiger partial charge is 0.248 e. The Labute approximate surface area is 145 Å². The number of rotatable bonds is 3. The lowest BCUT2D eigenvalue weighted by atomic mass is 9.99. The number of benzene rings is 2. The molecule has 2 aromatic rings. The predicted octanol–water partition coefficient (Wildman–Crippen LogP) is 3.04. The predicted molar refractivity (Wildman–Crippen MR) is 94.6 cm³/mol. The summed E-state index contributed by atoms with van der Waals surface area (Å²) in [5.74, 6) is -0.508. The van der Waals surface area contributed by atoms with Crippen LogP contribution in [0, 0.1) is 0 Å². The van der Waals surface area contributed by atoms with Crippen molar-refractivity contribution in [3.8, 4) is 0 Å². The fourth-order valence-corrected chi connectivity index (χ4v) is 3.07. The highest BCUT2D eigenvalue weighted by atomic mass is 35.5. The minimum absolute atomic E-state index is 0.0420. The van der Waals surface area contributed by atoms with E-state index in [1.165, 1.54) is 0 Å². The van der Waals surface area contributed by atoms with Gasteiger partial charge in [0.2, 0.25) is 11.8 Å². The fourth-order valence-electron chi connectivity index (χ4n) is 2.78. The summed E-state index contributed by atoms with van der Waals surface area (Å²) in [7, 11) is 0. The molecule has 1 aliphatic rings. The second-order valence-corrected chi connectivity index (χ2v) is 6.11. The van der Waals surface area contributed by atoms with Gasteiger partial charge in [-0.1, -0.05) is 35.9 Å². The molecule has 24 heavy (non-hydrogen) atoms. The molecule has 0 unspecified atom stereocenters. The maximum Gasteiger partial charge on any atom is 0.248 e. The van der Waals surface area contributed by atoms with Crippen molar-refractivity contribution in [1.82, 2.24) is 4.90 Å². The van der Waals surface area contributed by atoms with E-state index < -0.39 is 5.91 Å². The van der Waals surface area contributed by atoms with Crippen molar-refractivity contribution < 1.29 is 9.59 Å². The summed E-state index contributed by atoms with van der Waals surface area (Å²) in [6.07, 6.45) is 4.05. The number of amides is 2. The number of fused-ring (bicyclic) bond motifs is 1. The van der Waals surface area contributed by atoms with E-state index in [0.717, 1.165) is 28.1 Å². The van der Waals surface area contributed by atoms with E-state index in [1.807, 2.05) is 18.2 Å². The van der Waals surface area contributed by atoms with Crippen molar-refractivity contribution in [3.05, 3.63) is 75.8 Å². The summed E-state index contributed by atoms with van der Waals surface area (Å²) < 4.78 is 0. The monoisotopic (exact) mass is 340 g/mol. The molecule has 122 valence electrons. The maximum absolute atomic E-state index is 12.4. The summed E-state index contributed by atoms with van der Waals surface area (Å²) in [5, 5.41) is 0.768. The molecule has 4 nitrogen and oxygen atoms in total. The van der Waals surface area contributed by atoms with Crippen LogP contribution in [0.15, 0.2) is 48.5 Å². The van der Waals surface area contributed by atoms with Crippen LogP contribution in [0.3, 0.4) is 0 Å². The second-order valence-electron chi connectivity index (χ2n) is 5.71. The minimum atomic E-state index is -0.466. The SMILES string of the molecule is NC(=O)c1ccc(C=CC(=O)N2CCc3c(Cl)cccc3C2)cc1. The van der Waals surface area contributed by atoms with E-state index in [4.69, 9.17) is 17.3 Å². The molecule has 0 saturated carbocycles. The molecule has 0 radical (unpaired) electrons. The molecule has 0 bridgehead atoms. The Morgan fingerprint density at radius 2 is 1.88 bits per heavy atom. The van der Waals surface area contributed by atoms with Gasteiger partial charge in [-0.3, -0.25) is 9.59 Å². The van der Waals surface area contributed by atoms with Crippen molar-refractivity contribution >= 4 is 29.5 Å². The number of halogens is 1. The quantitative estimate of drug-likeness (QED) is 0.873. The summed E-state index contributed by atoms with van der Waals surface area (Å²) in [4.78, 5) is 25.2. The molecule has 0 atom stereocenters. The van der Waals surface area contributed by atoms with Crippen molar-refractivity contribution in [2.24, 2.45) is 5.73 Å². The van der Waals surface area contributed by atoms with Crippen LogP contribution in [0.1, 0.15) is 27.0 Å². The van der Waals surface area contributed by atoms with Crippen LogP contribution in [0.2, 0.25) is 5.02 Å². The molecule has 2 N–H and O–H groups in total. The summed E-state index contributed by atoms with van der Waals surface area (Å²) in [6, 6.07) is 12.6. The standard InChI is InChI=1S/C19H17ClN2O2/c20-17-3-1-2-15-12-22(11-10-16(15)17)18(23)9-6-13-4-7-14(8-5-13)19(21)24/h1-9H,10-12H2,(H2,21,24). The zero-order valence-corrected chi connectivity index (χ0v) is 13.8. The van der Waals surface area contributed by atoms with Crippen molar-refractivity contribution in [1.29, 1.82) is 0 Å². The molecular weight excluding hydrogens is 324 g/mol. The van der Waals surface area contributed by atoms with Gasteiger partial charge in [0.1, 0.15) is 0 Å². The zero-order valence-electron chi connectivity index (χ0n) is 13.0. The highest BCUT2D eigenvalue weighted by Crippen LogP contribution is 2.26. The third kappa shape index (κ3) is 3.49. The fraction of sp³-hybridized carbons (Fsp3) is 0.158. The first-order chi connectivity index (χ1) is 11.5. The van der Waals surface area contributed by atoms with Crippen molar-refractivity contribution in [3.63, 3.8) is 0 Å². The average molecular weight is 341 g/mol. The number of carbonyl (C=O) groups excluding carboxylic acids is 2. The highest BCUT2D eigenvalue weighted by molar-refractivity contribution is 6.31. The molecule has 1 aliphatic heterocycles. The third-order valence-electron chi connectivity index (χ3n) is 4.13. The largest absolute Gasteiger partial charge is 0.366 e. The summed E-state index contributed by atoms with van der Waals surface area (Å²) >= 11 is 6.20. The van der Waals surface area contributed by atoms with Gasteiger partial charge in [0.15, 0.2) is 0 Å². The Kier molecular flexibility index (Phi) is 4.67. The van der Waals surface area contributed by atoms with Crippen LogP contribution < -0.4 is 5.73 Å². The number of carbonyl (C=O) groups is 2. The Bertz CT molecular complexity index is 813. The van der Waals surface area contributed by atoms with Gasteiger partial charge in [0.25, 0.3) is 0 Å². The average Bonchev–Trinajstić information content (AvgIpc) is 2.60. The Balaban J connectivity index is 1.68. The van der Waals surface area contributed by atoms with Gasteiger partial charge in [-0.05, 0) is 47.4 Å². The molecule has 2 aromatic carbocycles. The van der Waals surface area contributed by atoms with Crippen LogP contribution >= 0.6 is 11.6 Å². The van der Waals surface area contributed by atoms with Crippen LogP contribution in [0.5, 0.6) is 0 Å². The lowest BCUT2D eigenvalue weighted by Crippen LogP contribution is -2.34. The van der Waals surface area contributed by atoms with Gasteiger partial charge in [0.05, 0.1) is 0 Å². The number of nitrogens with zero attached hydrogens (tertiary/aromatic N) is 1. The molecule has 5 heteroatoms. The molecule has 0 aromatic heterocycles.